The summed E-state index contributed by atoms with van der Waals surface area (Å²) in [4.78, 5) is 23.6. The Labute approximate surface area is 104 Å². The summed E-state index contributed by atoms with van der Waals surface area (Å²) in [5, 5.41) is 0. The molecule has 0 radical (unpaired) electrons. The molecule has 0 fully saturated rings. The van der Waals surface area contributed by atoms with E-state index in [9.17, 15) is 9.59 Å². The number of Topliss-reactive ketones (excluding diaryl/α,β-unsaturated/α-hetero) is 1. The fourth-order valence-corrected chi connectivity index (χ4v) is 1.54. The zero-order valence-corrected chi connectivity index (χ0v) is 11.6. The normalized spacial score (nSPS) is 12.4. The zero-order valence-electron chi connectivity index (χ0n) is 11.6. The average Bonchev–Trinajstić information content (AvgIpc) is 2.25. The van der Waals surface area contributed by atoms with E-state index in [-0.39, 0.29) is 17.5 Å². The maximum Gasteiger partial charge on any atom is 0.341 e. The maximum atomic E-state index is 11.9. The van der Waals surface area contributed by atoms with Crippen molar-refractivity contribution < 1.29 is 14.3 Å². The molecule has 3 heteroatoms. The van der Waals surface area contributed by atoms with Crippen molar-refractivity contribution in [3.8, 4) is 0 Å². The van der Waals surface area contributed by atoms with Crippen molar-refractivity contribution in [2.45, 2.75) is 66.4 Å². The predicted octanol–water partition coefficient (Wildman–Crippen LogP) is 3.42. The number of carbonyl (C=O) groups excluding carboxylic acids is 2. The molecule has 0 aromatic heterocycles. The topological polar surface area (TPSA) is 43.4 Å². The first-order valence-electron chi connectivity index (χ1n) is 6.37. The third kappa shape index (κ3) is 5.66. The summed E-state index contributed by atoms with van der Waals surface area (Å²) >= 11 is 0. The number of ketones is 1. The van der Waals surface area contributed by atoms with E-state index in [2.05, 4.69) is 6.92 Å². The number of rotatable bonds is 7. The molecular weight excluding hydrogens is 216 g/mol. The summed E-state index contributed by atoms with van der Waals surface area (Å²) in [6.45, 7) is 9.26. The Morgan fingerprint density at radius 3 is 2.18 bits per heavy atom. The van der Waals surface area contributed by atoms with Gasteiger partial charge in [0, 0.05) is 6.42 Å². The fourth-order valence-electron chi connectivity index (χ4n) is 1.54. The monoisotopic (exact) mass is 240 g/mol. The number of esters is 1. The summed E-state index contributed by atoms with van der Waals surface area (Å²) in [6, 6.07) is 0. The quantitative estimate of drug-likeness (QED) is 0.296. The van der Waals surface area contributed by atoms with Crippen molar-refractivity contribution >= 4 is 11.8 Å². The van der Waals surface area contributed by atoms with Gasteiger partial charge in [0.05, 0.1) is 6.10 Å². The number of ether oxygens (including phenoxy) is 1. The molecule has 0 spiro atoms. The zero-order chi connectivity index (χ0) is 13.4. The first kappa shape index (κ1) is 15.9. The van der Waals surface area contributed by atoms with Crippen molar-refractivity contribution in [2.75, 3.05) is 0 Å². The van der Waals surface area contributed by atoms with Gasteiger partial charge in [-0.3, -0.25) is 4.79 Å². The predicted molar refractivity (Wildman–Crippen MR) is 68.8 cm³/mol. The van der Waals surface area contributed by atoms with Gasteiger partial charge in [-0.05, 0) is 33.6 Å². The highest BCUT2D eigenvalue weighted by atomic mass is 16.5. The van der Waals surface area contributed by atoms with Gasteiger partial charge in [0.1, 0.15) is 5.57 Å². The molecule has 0 atom stereocenters. The molecular formula is C14H24O3. The minimum Gasteiger partial charge on any atom is -0.459 e. The van der Waals surface area contributed by atoms with Gasteiger partial charge >= 0.3 is 5.97 Å². The molecule has 3 nitrogen and oxygen atoms in total. The average molecular weight is 240 g/mol. The molecule has 17 heavy (non-hydrogen) atoms. The van der Waals surface area contributed by atoms with Gasteiger partial charge in [0.15, 0.2) is 5.78 Å². The molecule has 0 unspecified atom stereocenters. The van der Waals surface area contributed by atoms with Crippen molar-refractivity contribution in [1.82, 2.24) is 0 Å². The molecule has 0 aliphatic carbocycles. The Hall–Kier alpha value is -1.12. The largest absolute Gasteiger partial charge is 0.459 e. The van der Waals surface area contributed by atoms with E-state index in [1.54, 1.807) is 20.8 Å². The Bertz CT molecular complexity index is 301. The van der Waals surface area contributed by atoms with Crippen LogP contribution in [-0.2, 0) is 14.3 Å². The van der Waals surface area contributed by atoms with E-state index in [4.69, 9.17) is 4.74 Å². The Morgan fingerprint density at radius 2 is 1.76 bits per heavy atom. The van der Waals surface area contributed by atoms with Crippen molar-refractivity contribution in [2.24, 2.45) is 0 Å². The second-order valence-electron chi connectivity index (χ2n) is 4.49. The lowest BCUT2D eigenvalue weighted by molar-refractivity contribution is -0.144. The third-order valence-electron chi connectivity index (χ3n) is 2.48. The fraction of sp³-hybridized carbons (Fsp3) is 0.714. The van der Waals surface area contributed by atoms with Crippen LogP contribution in [-0.4, -0.2) is 17.9 Å². The first-order valence-corrected chi connectivity index (χ1v) is 6.37. The first-order chi connectivity index (χ1) is 7.93. The van der Waals surface area contributed by atoms with Gasteiger partial charge in [0.2, 0.25) is 0 Å². The van der Waals surface area contributed by atoms with E-state index in [1.165, 1.54) is 0 Å². The second kappa shape index (κ2) is 8.04. The van der Waals surface area contributed by atoms with Crippen LogP contribution in [0.25, 0.3) is 0 Å². The molecule has 0 N–H and O–H groups in total. The van der Waals surface area contributed by atoms with Gasteiger partial charge in [0.25, 0.3) is 0 Å². The summed E-state index contributed by atoms with van der Waals surface area (Å²) in [7, 11) is 0. The molecule has 0 amide bonds. The molecule has 98 valence electrons. The van der Waals surface area contributed by atoms with E-state index in [0.717, 1.165) is 24.8 Å². The molecule has 0 aromatic rings. The van der Waals surface area contributed by atoms with Crippen LogP contribution >= 0.6 is 0 Å². The smallest absolute Gasteiger partial charge is 0.341 e. The van der Waals surface area contributed by atoms with E-state index in [0.29, 0.717) is 6.42 Å². The van der Waals surface area contributed by atoms with Crippen LogP contribution < -0.4 is 0 Å². The number of hydrogen-bond acceptors (Lipinski definition) is 3. The van der Waals surface area contributed by atoms with Crippen LogP contribution in [0, 0.1) is 0 Å². The van der Waals surface area contributed by atoms with Gasteiger partial charge < -0.3 is 4.74 Å². The van der Waals surface area contributed by atoms with E-state index < -0.39 is 5.97 Å². The molecule has 0 heterocycles. The van der Waals surface area contributed by atoms with Crippen molar-refractivity contribution in [3.63, 3.8) is 0 Å². The summed E-state index contributed by atoms with van der Waals surface area (Å²) in [5.74, 6) is -0.593. The van der Waals surface area contributed by atoms with Crippen molar-refractivity contribution in [1.29, 1.82) is 0 Å². The van der Waals surface area contributed by atoms with Gasteiger partial charge in [-0.15, -0.1) is 0 Å². The maximum absolute atomic E-state index is 11.9. The number of allylic oxidation sites excluding steroid dienone is 1. The van der Waals surface area contributed by atoms with Crippen LogP contribution in [0.1, 0.15) is 60.3 Å². The highest BCUT2D eigenvalue weighted by Crippen LogP contribution is 2.16. The van der Waals surface area contributed by atoms with Gasteiger partial charge in [-0.2, -0.15) is 0 Å². The molecule has 0 saturated heterocycles. The summed E-state index contributed by atoms with van der Waals surface area (Å²) in [6.07, 6.45) is 2.96. The molecule has 0 saturated carbocycles. The summed E-state index contributed by atoms with van der Waals surface area (Å²) < 4.78 is 5.12. The SMILES string of the molecule is CCCCC(C)=C(C(=O)CC)C(=O)OC(C)C. The van der Waals surface area contributed by atoms with Gasteiger partial charge in [-0.1, -0.05) is 25.8 Å². The molecule has 0 aliphatic rings. The third-order valence-corrected chi connectivity index (χ3v) is 2.48. The lowest BCUT2D eigenvalue weighted by Gasteiger charge is -2.12. The van der Waals surface area contributed by atoms with Crippen molar-refractivity contribution in [3.05, 3.63) is 11.1 Å². The van der Waals surface area contributed by atoms with Crippen LogP contribution in [0.3, 0.4) is 0 Å². The van der Waals surface area contributed by atoms with Crippen LogP contribution in [0.2, 0.25) is 0 Å². The van der Waals surface area contributed by atoms with Crippen LogP contribution in [0.5, 0.6) is 0 Å². The number of carbonyl (C=O) groups is 2. The van der Waals surface area contributed by atoms with Gasteiger partial charge in [-0.25, -0.2) is 4.79 Å². The van der Waals surface area contributed by atoms with E-state index >= 15 is 0 Å². The standard InChI is InChI=1S/C14H24O3/c1-6-8-9-11(5)13(12(15)7-2)14(16)17-10(3)4/h10H,6-9H2,1-5H3. The molecule has 0 aliphatic heterocycles. The lowest BCUT2D eigenvalue weighted by atomic mass is 9.99. The molecule has 0 bridgehead atoms. The number of hydrogen-bond donors (Lipinski definition) is 0. The minimum absolute atomic E-state index is 0.121. The number of unbranched alkanes of at least 4 members (excludes halogenated alkanes) is 1. The highest BCUT2D eigenvalue weighted by Gasteiger charge is 2.21. The Kier molecular flexibility index (Phi) is 7.51. The molecule has 0 rings (SSSR count). The lowest BCUT2D eigenvalue weighted by Crippen LogP contribution is -2.20. The minimum atomic E-state index is -0.472. The highest BCUT2D eigenvalue weighted by molar-refractivity contribution is 6.17. The van der Waals surface area contributed by atoms with Crippen LogP contribution in [0.15, 0.2) is 11.1 Å². The van der Waals surface area contributed by atoms with Crippen LogP contribution in [0.4, 0.5) is 0 Å². The summed E-state index contributed by atoms with van der Waals surface area (Å²) in [5.41, 5.74) is 1.11. The Morgan fingerprint density at radius 1 is 1.18 bits per heavy atom. The Balaban J connectivity index is 4.98. The second-order valence-corrected chi connectivity index (χ2v) is 4.49. The van der Waals surface area contributed by atoms with E-state index in [1.807, 2.05) is 6.92 Å². The molecule has 0 aromatic carbocycles.